The molecule has 0 fully saturated rings. The third-order valence-electron chi connectivity index (χ3n) is 4.22. The Morgan fingerprint density at radius 1 is 0.800 bits per heavy atom. The molecule has 0 heterocycles. The second-order valence-corrected chi connectivity index (χ2v) is 5.55. The zero-order chi connectivity index (χ0) is 14.5. The van der Waals surface area contributed by atoms with E-state index in [9.17, 15) is 0 Å². The minimum absolute atomic E-state index is 0.0353. The molecule has 20 heavy (non-hydrogen) atoms. The molecule has 0 saturated heterocycles. The lowest BCUT2D eigenvalue weighted by Gasteiger charge is -2.15. The Balaban J connectivity index is 2.17. The summed E-state index contributed by atoms with van der Waals surface area (Å²) in [6, 6.07) is 17.4. The number of hydrogen-bond acceptors (Lipinski definition) is 1. The Morgan fingerprint density at radius 3 is 1.70 bits per heavy atom. The molecule has 0 amide bonds. The molecule has 2 aromatic carbocycles. The maximum absolute atomic E-state index is 6.37. The lowest BCUT2D eigenvalue weighted by Crippen LogP contribution is -2.11. The summed E-state index contributed by atoms with van der Waals surface area (Å²) in [5.41, 5.74) is 11.5. The molecule has 1 heteroatoms. The van der Waals surface area contributed by atoms with Gasteiger partial charge in [-0.2, -0.15) is 0 Å². The van der Waals surface area contributed by atoms with Crippen molar-refractivity contribution in [2.45, 2.75) is 45.6 Å². The van der Waals surface area contributed by atoms with Crippen molar-refractivity contribution in [1.82, 2.24) is 0 Å². The van der Waals surface area contributed by atoms with E-state index in [0.29, 0.717) is 5.92 Å². The Morgan fingerprint density at radius 2 is 1.25 bits per heavy atom. The van der Waals surface area contributed by atoms with E-state index in [1.165, 1.54) is 28.7 Å². The lowest BCUT2D eigenvalue weighted by atomic mass is 9.93. The molecule has 2 rings (SSSR count). The second kappa shape index (κ2) is 6.71. The van der Waals surface area contributed by atoms with Gasteiger partial charge in [0.05, 0.1) is 6.04 Å². The molecule has 0 aliphatic heterocycles. The van der Waals surface area contributed by atoms with Gasteiger partial charge in [-0.3, -0.25) is 0 Å². The van der Waals surface area contributed by atoms with Crippen molar-refractivity contribution in [3.05, 3.63) is 70.8 Å². The SMILES string of the molecule is CCc1ccc(C(N)c2ccc(C(C)CC)cc2)cc1. The topological polar surface area (TPSA) is 26.0 Å². The molecule has 2 N–H and O–H groups in total. The summed E-state index contributed by atoms with van der Waals surface area (Å²) in [6.07, 6.45) is 2.24. The van der Waals surface area contributed by atoms with Gasteiger partial charge < -0.3 is 5.73 Å². The number of hydrogen-bond donors (Lipinski definition) is 1. The molecule has 2 aromatic rings. The summed E-state index contributed by atoms with van der Waals surface area (Å²) in [5.74, 6) is 0.615. The summed E-state index contributed by atoms with van der Waals surface area (Å²) in [5, 5.41) is 0. The van der Waals surface area contributed by atoms with Crippen LogP contribution in [-0.4, -0.2) is 0 Å². The van der Waals surface area contributed by atoms with E-state index in [4.69, 9.17) is 5.73 Å². The standard InChI is InChI=1S/C19H25N/c1-4-14(3)16-10-12-18(13-11-16)19(20)17-8-6-15(5-2)7-9-17/h6-14,19H,4-5,20H2,1-3H3. The molecule has 0 aliphatic rings. The smallest absolute Gasteiger partial charge is 0.0551 e. The van der Waals surface area contributed by atoms with E-state index >= 15 is 0 Å². The predicted octanol–water partition coefficient (Wildman–Crippen LogP) is 4.81. The predicted molar refractivity (Wildman–Crippen MR) is 87.0 cm³/mol. The van der Waals surface area contributed by atoms with Gasteiger partial charge >= 0.3 is 0 Å². The maximum atomic E-state index is 6.37. The molecule has 0 bridgehead atoms. The van der Waals surface area contributed by atoms with Crippen molar-refractivity contribution >= 4 is 0 Å². The van der Waals surface area contributed by atoms with Crippen molar-refractivity contribution in [1.29, 1.82) is 0 Å². The van der Waals surface area contributed by atoms with Crippen molar-refractivity contribution in [2.24, 2.45) is 5.73 Å². The molecular formula is C19H25N. The zero-order valence-corrected chi connectivity index (χ0v) is 12.8. The fourth-order valence-electron chi connectivity index (χ4n) is 2.42. The van der Waals surface area contributed by atoms with Gasteiger partial charge in [0.1, 0.15) is 0 Å². The molecular weight excluding hydrogens is 242 g/mol. The van der Waals surface area contributed by atoms with Crippen LogP contribution in [0.1, 0.15) is 61.4 Å². The first-order valence-corrected chi connectivity index (χ1v) is 7.60. The van der Waals surface area contributed by atoms with Gasteiger partial charge in [-0.15, -0.1) is 0 Å². The number of rotatable bonds is 5. The van der Waals surface area contributed by atoms with Crippen LogP contribution in [0, 0.1) is 0 Å². The van der Waals surface area contributed by atoms with Crippen molar-refractivity contribution in [3.8, 4) is 0 Å². The fraction of sp³-hybridized carbons (Fsp3) is 0.368. The number of benzene rings is 2. The molecule has 2 atom stereocenters. The largest absolute Gasteiger partial charge is 0.320 e. The molecule has 0 spiro atoms. The summed E-state index contributed by atoms with van der Waals surface area (Å²) in [4.78, 5) is 0. The molecule has 0 aromatic heterocycles. The molecule has 0 radical (unpaired) electrons. The maximum Gasteiger partial charge on any atom is 0.0551 e. The quantitative estimate of drug-likeness (QED) is 0.826. The van der Waals surface area contributed by atoms with Gasteiger partial charge in [0.25, 0.3) is 0 Å². The van der Waals surface area contributed by atoms with Gasteiger partial charge in [-0.25, -0.2) is 0 Å². The van der Waals surface area contributed by atoms with Gasteiger partial charge in [0.15, 0.2) is 0 Å². The van der Waals surface area contributed by atoms with Gasteiger partial charge in [-0.05, 0) is 41.0 Å². The third-order valence-corrected chi connectivity index (χ3v) is 4.22. The first kappa shape index (κ1) is 14.8. The summed E-state index contributed by atoms with van der Waals surface area (Å²) >= 11 is 0. The molecule has 106 valence electrons. The normalized spacial score (nSPS) is 14.0. The van der Waals surface area contributed by atoms with Gasteiger partial charge in [-0.1, -0.05) is 69.3 Å². The van der Waals surface area contributed by atoms with Crippen molar-refractivity contribution < 1.29 is 0 Å². The molecule has 1 nitrogen and oxygen atoms in total. The highest BCUT2D eigenvalue weighted by Crippen LogP contribution is 2.24. The van der Waals surface area contributed by atoms with E-state index in [2.05, 4.69) is 69.3 Å². The van der Waals surface area contributed by atoms with Crippen LogP contribution in [0.2, 0.25) is 0 Å². The Labute approximate surface area is 122 Å². The van der Waals surface area contributed by atoms with Crippen LogP contribution in [0.25, 0.3) is 0 Å². The van der Waals surface area contributed by atoms with Crippen molar-refractivity contribution in [3.63, 3.8) is 0 Å². The van der Waals surface area contributed by atoms with Crippen LogP contribution in [-0.2, 0) is 6.42 Å². The van der Waals surface area contributed by atoms with E-state index in [1.54, 1.807) is 0 Å². The Bertz CT molecular complexity index is 525. The van der Waals surface area contributed by atoms with Crippen molar-refractivity contribution in [2.75, 3.05) is 0 Å². The average Bonchev–Trinajstić information content (AvgIpc) is 2.53. The van der Waals surface area contributed by atoms with Crippen LogP contribution < -0.4 is 5.73 Å². The highest BCUT2D eigenvalue weighted by atomic mass is 14.6. The Kier molecular flexibility index (Phi) is 4.97. The minimum Gasteiger partial charge on any atom is -0.320 e. The van der Waals surface area contributed by atoms with Gasteiger partial charge in [0, 0.05) is 0 Å². The fourth-order valence-corrected chi connectivity index (χ4v) is 2.42. The number of nitrogens with two attached hydrogens (primary N) is 1. The van der Waals surface area contributed by atoms with E-state index < -0.39 is 0 Å². The highest BCUT2D eigenvalue weighted by Gasteiger charge is 2.09. The Hall–Kier alpha value is -1.60. The van der Waals surface area contributed by atoms with Gasteiger partial charge in [0.2, 0.25) is 0 Å². The monoisotopic (exact) mass is 267 g/mol. The first-order chi connectivity index (χ1) is 9.65. The summed E-state index contributed by atoms with van der Waals surface area (Å²) in [7, 11) is 0. The van der Waals surface area contributed by atoms with Crippen LogP contribution in [0.5, 0.6) is 0 Å². The van der Waals surface area contributed by atoms with E-state index in [0.717, 1.165) is 6.42 Å². The second-order valence-electron chi connectivity index (χ2n) is 5.55. The molecule has 2 unspecified atom stereocenters. The minimum atomic E-state index is -0.0353. The van der Waals surface area contributed by atoms with E-state index in [1.807, 2.05) is 0 Å². The van der Waals surface area contributed by atoms with E-state index in [-0.39, 0.29) is 6.04 Å². The molecule has 0 aliphatic carbocycles. The first-order valence-electron chi connectivity index (χ1n) is 7.60. The lowest BCUT2D eigenvalue weighted by molar-refractivity contribution is 0.732. The van der Waals surface area contributed by atoms with Crippen LogP contribution >= 0.6 is 0 Å². The van der Waals surface area contributed by atoms with Crippen LogP contribution in [0.4, 0.5) is 0 Å². The summed E-state index contributed by atoms with van der Waals surface area (Å²) < 4.78 is 0. The number of aryl methyl sites for hydroxylation is 1. The zero-order valence-electron chi connectivity index (χ0n) is 12.8. The van der Waals surface area contributed by atoms with Crippen LogP contribution in [0.3, 0.4) is 0 Å². The average molecular weight is 267 g/mol. The third kappa shape index (κ3) is 3.29. The molecule has 0 saturated carbocycles. The highest BCUT2D eigenvalue weighted by molar-refractivity contribution is 5.35. The van der Waals surface area contributed by atoms with Crippen LogP contribution in [0.15, 0.2) is 48.5 Å². The summed E-state index contributed by atoms with van der Waals surface area (Å²) in [6.45, 7) is 6.65.